The van der Waals surface area contributed by atoms with E-state index in [0.29, 0.717) is 17.2 Å². The third-order valence-electron chi connectivity index (χ3n) is 2.52. The van der Waals surface area contributed by atoms with E-state index in [0.717, 1.165) is 5.69 Å². The van der Waals surface area contributed by atoms with E-state index in [9.17, 15) is 9.90 Å². The lowest BCUT2D eigenvalue weighted by Gasteiger charge is -2.06. The zero-order chi connectivity index (χ0) is 13.8. The Hall–Kier alpha value is -2.49. The summed E-state index contributed by atoms with van der Waals surface area (Å²) in [5.74, 6) is 0.994. The number of benzene rings is 1. The fraction of sp³-hybridized carbons (Fsp3) is 0.133. The highest BCUT2D eigenvalue weighted by Gasteiger charge is 2.07. The highest BCUT2D eigenvalue weighted by atomic mass is 16.3. The van der Waals surface area contributed by atoms with Gasteiger partial charge in [0, 0.05) is 23.5 Å². The molecule has 0 aliphatic rings. The molecule has 4 heteroatoms. The van der Waals surface area contributed by atoms with E-state index in [1.54, 1.807) is 50.2 Å². The lowest BCUT2D eigenvalue weighted by molar-refractivity contribution is 0.102. The first-order chi connectivity index (χ1) is 9.04. The molecule has 0 unspecified atom stereocenters. The van der Waals surface area contributed by atoms with Crippen molar-refractivity contribution in [2.45, 2.75) is 13.8 Å². The molecule has 98 valence electrons. The van der Waals surface area contributed by atoms with Gasteiger partial charge in [0.15, 0.2) is 5.76 Å². The fourth-order valence-electron chi connectivity index (χ4n) is 1.68. The van der Waals surface area contributed by atoms with Crippen molar-refractivity contribution in [2.24, 2.45) is 0 Å². The number of nitrogens with one attached hydrogen (secondary N) is 1. The number of hydrogen-bond donors (Lipinski definition) is 2. The molecule has 2 aromatic rings. The minimum absolute atomic E-state index is 0.172. The molecule has 1 heterocycles. The van der Waals surface area contributed by atoms with Crippen LogP contribution in [0.3, 0.4) is 0 Å². The van der Waals surface area contributed by atoms with Crippen LogP contribution in [-0.2, 0) is 0 Å². The number of aryl methyl sites for hydroxylation is 1. The smallest absolute Gasteiger partial charge is 0.222 e. The summed E-state index contributed by atoms with van der Waals surface area (Å²) in [4.78, 5) is 11.9. The lowest BCUT2D eigenvalue weighted by atomic mass is 10.2. The monoisotopic (exact) mass is 257 g/mol. The molecule has 0 aliphatic heterocycles. The molecule has 0 atom stereocenters. The van der Waals surface area contributed by atoms with Crippen molar-refractivity contribution in [3.8, 4) is 5.75 Å². The maximum atomic E-state index is 11.9. The number of carbonyl (C=O) groups is 1. The van der Waals surface area contributed by atoms with E-state index >= 15 is 0 Å². The molecule has 0 aliphatic carbocycles. The van der Waals surface area contributed by atoms with Crippen LogP contribution in [0.4, 0.5) is 5.69 Å². The summed E-state index contributed by atoms with van der Waals surface area (Å²) in [5.41, 5.74) is 1.39. The first-order valence-electron chi connectivity index (χ1n) is 5.90. The van der Waals surface area contributed by atoms with Gasteiger partial charge in [-0.25, -0.2) is 0 Å². The van der Waals surface area contributed by atoms with Crippen molar-refractivity contribution in [1.29, 1.82) is 0 Å². The molecule has 0 radical (unpaired) electrons. The molecular weight excluding hydrogens is 242 g/mol. The summed E-state index contributed by atoms with van der Waals surface area (Å²) in [5, 5.41) is 12.4. The molecule has 0 saturated carbocycles. The van der Waals surface area contributed by atoms with Gasteiger partial charge in [0.2, 0.25) is 5.78 Å². The Morgan fingerprint density at radius 1 is 1.32 bits per heavy atom. The van der Waals surface area contributed by atoms with Crippen molar-refractivity contribution >= 4 is 11.5 Å². The zero-order valence-electron chi connectivity index (χ0n) is 10.8. The van der Waals surface area contributed by atoms with Crippen LogP contribution in [0.25, 0.3) is 0 Å². The molecule has 19 heavy (non-hydrogen) atoms. The zero-order valence-corrected chi connectivity index (χ0v) is 10.8. The molecular formula is C15H15NO3. The molecule has 0 spiro atoms. The number of ketones is 1. The number of hydrogen-bond acceptors (Lipinski definition) is 4. The Bertz CT molecular complexity index is 626. The molecule has 0 bridgehead atoms. The van der Waals surface area contributed by atoms with Crippen molar-refractivity contribution < 1.29 is 14.3 Å². The lowest BCUT2D eigenvalue weighted by Crippen LogP contribution is -2.00. The van der Waals surface area contributed by atoms with Crippen LogP contribution in [0.5, 0.6) is 5.75 Å². The van der Waals surface area contributed by atoms with E-state index in [2.05, 4.69) is 5.32 Å². The standard InChI is InChI=1S/C15H15NO3/c1-10(16-12-4-3-5-13(17)9-12)8-14(18)15-7-6-11(2)19-15/h3-9,16-17H,1-2H3/b10-8+. The summed E-state index contributed by atoms with van der Waals surface area (Å²) in [6.07, 6.45) is 1.46. The van der Waals surface area contributed by atoms with Crippen LogP contribution in [0.2, 0.25) is 0 Å². The van der Waals surface area contributed by atoms with Gasteiger partial charge in [0.05, 0.1) is 0 Å². The number of allylic oxidation sites excluding steroid dienone is 2. The van der Waals surface area contributed by atoms with Gasteiger partial charge in [-0.1, -0.05) is 6.07 Å². The molecule has 1 aromatic heterocycles. The molecule has 1 aromatic carbocycles. The Kier molecular flexibility index (Phi) is 3.71. The van der Waals surface area contributed by atoms with Crippen molar-refractivity contribution in [1.82, 2.24) is 0 Å². The molecule has 2 rings (SSSR count). The van der Waals surface area contributed by atoms with E-state index in [1.165, 1.54) is 6.08 Å². The van der Waals surface area contributed by atoms with Gasteiger partial charge in [0.1, 0.15) is 11.5 Å². The second-order valence-electron chi connectivity index (χ2n) is 4.28. The summed E-state index contributed by atoms with van der Waals surface area (Å²) < 4.78 is 5.25. The van der Waals surface area contributed by atoms with Crippen LogP contribution >= 0.6 is 0 Å². The summed E-state index contributed by atoms with van der Waals surface area (Å²) in [6.45, 7) is 3.57. The van der Waals surface area contributed by atoms with Gasteiger partial charge in [-0.3, -0.25) is 4.79 Å². The van der Waals surface area contributed by atoms with Crippen LogP contribution in [0, 0.1) is 6.92 Å². The van der Waals surface area contributed by atoms with Gasteiger partial charge < -0.3 is 14.8 Å². The highest BCUT2D eigenvalue weighted by molar-refractivity contribution is 6.03. The second kappa shape index (κ2) is 5.44. The molecule has 0 amide bonds. The van der Waals surface area contributed by atoms with Crippen LogP contribution in [0.15, 0.2) is 52.6 Å². The van der Waals surface area contributed by atoms with E-state index in [4.69, 9.17) is 4.42 Å². The average Bonchev–Trinajstić information content (AvgIpc) is 2.75. The Balaban J connectivity index is 2.09. The normalized spacial score (nSPS) is 11.4. The van der Waals surface area contributed by atoms with Crippen LogP contribution < -0.4 is 5.32 Å². The van der Waals surface area contributed by atoms with Crippen LogP contribution in [-0.4, -0.2) is 10.9 Å². The minimum atomic E-state index is -0.196. The third kappa shape index (κ3) is 3.48. The molecule has 0 saturated heterocycles. The number of carbonyl (C=O) groups excluding carboxylic acids is 1. The van der Waals surface area contributed by atoms with Gasteiger partial charge in [-0.2, -0.15) is 0 Å². The number of phenolic OH excluding ortho intramolecular Hbond substituents is 1. The Labute approximate surface area is 111 Å². The quantitative estimate of drug-likeness (QED) is 0.650. The van der Waals surface area contributed by atoms with E-state index < -0.39 is 0 Å². The first kappa shape index (κ1) is 13.0. The maximum absolute atomic E-state index is 11.9. The van der Waals surface area contributed by atoms with Gasteiger partial charge in [-0.05, 0) is 38.1 Å². The van der Waals surface area contributed by atoms with Crippen molar-refractivity contribution in [3.63, 3.8) is 0 Å². The summed E-state index contributed by atoms with van der Waals surface area (Å²) in [6, 6.07) is 10.1. The Morgan fingerprint density at radius 2 is 2.11 bits per heavy atom. The number of phenols is 1. The SMILES string of the molecule is C/C(=C\C(=O)c1ccc(C)o1)Nc1cccc(O)c1. The molecule has 0 fully saturated rings. The van der Waals surface area contributed by atoms with Gasteiger partial charge >= 0.3 is 0 Å². The highest BCUT2D eigenvalue weighted by Crippen LogP contribution is 2.17. The number of aromatic hydroxyl groups is 1. The van der Waals surface area contributed by atoms with Crippen molar-refractivity contribution in [2.75, 3.05) is 5.32 Å². The van der Waals surface area contributed by atoms with Crippen molar-refractivity contribution in [3.05, 3.63) is 59.7 Å². The predicted octanol–water partition coefficient (Wildman–Crippen LogP) is 3.49. The maximum Gasteiger partial charge on any atom is 0.222 e. The second-order valence-corrected chi connectivity index (χ2v) is 4.28. The minimum Gasteiger partial charge on any atom is -0.508 e. The average molecular weight is 257 g/mol. The van der Waals surface area contributed by atoms with E-state index in [-0.39, 0.29) is 11.5 Å². The Morgan fingerprint density at radius 3 is 2.74 bits per heavy atom. The summed E-state index contributed by atoms with van der Waals surface area (Å²) in [7, 11) is 0. The van der Waals surface area contributed by atoms with Crippen LogP contribution in [0.1, 0.15) is 23.2 Å². The molecule has 4 nitrogen and oxygen atoms in total. The van der Waals surface area contributed by atoms with E-state index in [1.807, 2.05) is 0 Å². The fourth-order valence-corrected chi connectivity index (χ4v) is 1.68. The predicted molar refractivity (Wildman–Crippen MR) is 73.3 cm³/mol. The first-order valence-corrected chi connectivity index (χ1v) is 5.90. The number of furan rings is 1. The largest absolute Gasteiger partial charge is 0.508 e. The number of anilines is 1. The van der Waals surface area contributed by atoms with Gasteiger partial charge in [-0.15, -0.1) is 0 Å². The summed E-state index contributed by atoms with van der Waals surface area (Å²) >= 11 is 0. The topological polar surface area (TPSA) is 62.5 Å². The van der Waals surface area contributed by atoms with Gasteiger partial charge in [0.25, 0.3) is 0 Å². The number of rotatable bonds is 4. The third-order valence-corrected chi connectivity index (χ3v) is 2.52. The molecule has 2 N–H and O–H groups in total.